The van der Waals surface area contributed by atoms with Crippen LogP contribution in [0, 0.1) is 11.8 Å². The van der Waals surface area contributed by atoms with E-state index in [1.54, 1.807) is 85.1 Å². The molecular formula is C57H74N12O9. The largest absolute Gasteiger partial charge is 0.390 e. The number of carbonyl (C=O) groups is 8. The number of H-pyrrole nitrogens is 2. The molecule has 8 amide bonds. The fraction of sp³-hybridized carbons (Fsp3) is 0.439. The van der Waals surface area contributed by atoms with Gasteiger partial charge < -0.3 is 57.6 Å². The number of imidazole rings is 2. The second kappa shape index (κ2) is 29.4. The summed E-state index contributed by atoms with van der Waals surface area (Å²) in [6.45, 7) is 7.75. The first-order chi connectivity index (χ1) is 37.4. The van der Waals surface area contributed by atoms with Crippen molar-refractivity contribution >= 4 is 47.3 Å². The van der Waals surface area contributed by atoms with Crippen molar-refractivity contribution in [3.05, 3.63) is 144 Å². The summed E-state index contributed by atoms with van der Waals surface area (Å²) in [6.07, 6.45) is 5.21. The number of nitrogens with one attached hydrogen (secondary N) is 8. The van der Waals surface area contributed by atoms with Crippen molar-refractivity contribution < 1.29 is 43.5 Å². The van der Waals surface area contributed by atoms with E-state index in [1.165, 1.54) is 23.8 Å². The van der Waals surface area contributed by atoms with Crippen LogP contribution in [0.5, 0.6) is 0 Å². The van der Waals surface area contributed by atoms with Crippen LogP contribution in [0.25, 0.3) is 0 Å². The molecule has 0 bridgehead atoms. The molecule has 5 aromatic rings. The number of aliphatic hydroxyl groups excluding tert-OH is 1. The molecule has 1 aliphatic rings. The quantitative estimate of drug-likeness (QED) is 0.0330. The van der Waals surface area contributed by atoms with E-state index in [9.17, 15) is 43.5 Å². The first-order valence-electron chi connectivity index (χ1n) is 26.6. The molecule has 21 nitrogen and oxygen atoms in total. The summed E-state index contributed by atoms with van der Waals surface area (Å²) < 4.78 is 0. The lowest BCUT2D eigenvalue weighted by molar-refractivity contribution is -0.142. The summed E-state index contributed by atoms with van der Waals surface area (Å²) in [7, 11) is 0. The second-order valence-electron chi connectivity index (χ2n) is 20.8. The number of primary amides is 1. The maximum atomic E-state index is 14.7. The van der Waals surface area contributed by atoms with Crippen molar-refractivity contribution in [2.75, 3.05) is 6.54 Å². The van der Waals surface area contributed by atoms with E-state index in [0.29, 0.717) is 28.9 Å². The number of likely N-dealkylation sites (tertiary alicyclic amines) is 1. The molecule has 0 radical (unpaired) electrons. The highest BCUT2D eigenvalue weighted by molar-refractivity contribution is 5.96. The second-order valence-corrected chi connectivity index (χ2v) is 20.8. The normalized spacial score (nSPS) is 15.9. The van der Waals surface area contributed by atoms with Crippen LogP contribution in [-0.2, 0) is 70.5 Å². The van der Waals surface area contributed by atoms with E-state index >= 15 is 0 Å². The third kappa shape index (κ3) is 18.5. The molecule has 1 fully saturated rings. The zero-order chi connectivity index (χ0) is 56.1. The lowest BCUT2D eigenvalue weighted by Crippen LogP contribution is -2.60. The third-order valence-electron chi connectivity index (χ3n) is 13.4. The number of aromatic amines is 2. The fourth-order valence-electron chi connectivity index (χ4n) is 9.44. The van der Waals surface area contributed by atoms with Crippen molar-refractivity contribution in [3.8, 4) is 0 Å². The van der Waals surface area contributed by atoms with Gasteiger partial charge in [0.05, 0.1) is 31.2 Å². The highest BCUT2D eigenvalue weighted by atomic mass is 16.3. The van der Waals surface area contributed by atoms with Crippen LogP contribution in [0.15, 0.2) is 116 Å². The average molecular weight is 1070 g/mol. The number of amides is 8. The van der Waals surface area contributed by atoms with Crippen molar-refractivity contribution in [1.29, 1.82) is 0 Å². The number of rotatable bonds is 29. The molecule has 1 aliphatic heterocycles. The van der Waals surface area contributed by atoms with Crippen LogP contribution in [0.3, 0.4) is 0 Å². The Bertz CT molecular complexity index is 2730. The Hall–Kier alpha value is -8.20. The van der Waals surface area contributed by atoms with E-state index in [-0.39, 0.29) is 75.7 Å². The number of nitrogens with zero attached hydrogens (tertiary/aromatic N) is 3. The lowest BCUT2D eigenvalue weighted by Gasteiger charge is -2.30. The molecule has 3 heterocycles. The Labute approximate surface area is 454 Å². The molecule has 0 saturated carbocycles. The average Bonchev–Trinajstić information content (AvgIpc) is 4.23. The maximum Gasteiger partial charge on any atom is 0.246 e. The molecule has 0 aliphatic carbocycles. The van der Waals surface area contributed by atoms with Gasteiger partial charge in [0.15, 0.2) is 0 Å². The summed E-state index contributed by atoms with van der Waals surface area (Å²) in [5, 5.41) is 28.8. The molecule has 0 spiro atoms. The highest BCUT2D eigenvalue weighted by Crippen LogP contribution is 2.21. The fourth-order valence-corrected chi connectivity index (χ4v) is 9.44. The molecule has 8 unspecified atom stereocenters. The minimum absolute atomic E-state index is 0.00167. The smallest absolute Gasteiger partial charge is 0.246 e. The zero-order valence-electron chi connectivity index (χ0n) is 44.7. The van der Waals surface area contributed by atoms with E-state index in [4.69, 9.17) is 5.73 Å². The third-order valence-corrected chi connectivity index (χ3v) is 13.4. The van der Waals surface area contributed by atoms with E-state index in [2.05, 4.69) is 51.8 Å². The zero-order valence-corrected chi connectivity index (χ0v) is 44.7. The van der Waals surface area contributed by atoms with E-state index in [0.717, 1.165) is 5.56 Å². The lowest BCUT2D eigenvalue weighted by atomic mass is 9.97. The number of hydrogen-bond donors (Lipinski definition) is 10. The van der Waals surface area contributed by atoms with Gasteiger partial charge in [-0.25, -0.2) is 9.97 Å². The van der Waals surface area contributed by atoms with Gasteiger partial charge in [-0.05, 0) is 54.2 Å². The molecule has 78 heavy (non-hydrogen) atoms. The Kier molecular flexibility index (Phi) is 22.2. The van der Waals surface area contributed by atoms with Gasteiger partial charge >= 0.3 is 0 Å². The number of aromatic nitrogens is 4. The summed E-state index contributed by atoms with van der Waals surface area (Å²) in [6, 6.07) is 19.1. The van der Waals surface area contributed by atoms with E-state index in [1.807, 2.05) is 39.8 Å². The number of aliphatic hydroxyl groups is 1. The predicted octanol–water partition coefficient (Wildman–Crippen LogP) is 1.87. The van der Waals surface area contributed by atoms with Gasteiger partial charge in [0.2, 0.25) is 47.3 Å². The van der Waals surface area contributed by atoms with Crippen molar-refractivity contribution in [2.45, 2.75) is 140 Å². The maximum absolute atomic E-state index is 14.7. The summed E-state index contributed by atoms with van der Waals surface area (Å²) in [5.41, 5.74) is 8.95. The molecule has 2 aromatic heterocycles. The molecule has 1 saturated heterocycles. The van der Waals surface area contributed by atoms with Crippen LogP contribution >= 0.6 is 0 Å². The Morgan fingerprint density at radius 1 is 0.577 bits per heavy atom. The van der Waals surface area contributed by atoms with Crippen LogP contribution in [0.1, 0.15) is 87.9 Å². The van der Waals surface area contributed by atoms with Crippen LogP contribution in [0.4, 0.5) is 0 Å². The minimum Gasteiger partial charge on any atom is -0.390 e. The van der Waals surface area contributed by atoms with Gasteiger partial charge in [-0.3, -0.25) is 38.4 Å². The van der Waals surface area contributed by atoms with Crippen molar-refractivity contribution in [1.82, 2.24) is 56.7 Å². The summed E-state index contributed by atoms with van der Waals surface area (Å²) in [5.74, 6) is -4.96. The van der Waals surface area contributed by atoms with Gasteiger partial charge in [-0.15, -0.1) is 0 Å². The topological polar surface area (TPSA) is 316 Å². The SMILES string of the molecule is CC(C)CC(=O)NC(Cc1cnc[nH]1)C(=O)N1CCCC1C(=O)NC(Cc1ccccc1)C(=O)NC(Cc1cnc[nH]1)C(=O)NC(Cc1ccccc1)C(O)CC(=O)NC(CC(C)C)C(=O)NC(Cc1ccccc1)C(N)=O. The van der Waals surface area contributed by atoms with Crippen LogP contribution < -0.4 is 37.6 Å². The van der Waals surface area contributed by atoms with Crippen LogP contribution in [-0.4, -0.2) is 132 Å². The number of carbonyl (C=O) groups excluding carboxylic acids is 8. The van der Waals surface area contributed by atoms with Crippen LogP contribution in [0.2, 0.25) is 0 Å². The van der Waals surface area contributed by atoms with Crippen molar-refractivity contribution in [3.63, 3.8) is 0 Å². The Balaban J connectivity index is 1.20. The van der Waals surface area contributed by atoms with Crippen molar-refractivity contribution in [2.24, 2.45) is 17.6 Å². The van der Waals surface area contributed by atoms with Gasteiger partial charge in [-0.2, -0.15) is 0 Å². The molecule has 8 atom stereocenters. The van der Waals surface area contributed by atoms with Gasteiger partial charge in [0.25, 0.3) is 0 Å². The first kappa shape index (κ1) is 59.1. The Morgan fingerprint density at radius 3 is 1.58 bits per heavy atom. The van der Waals surface area contributed by atoms with Gasteiger partial charge in [0.1, 0.15) is 36.3 Å². The minimum atomic E-state index is -1.53. The number of nitrogens with two attached hydrogens (primary N) is 1. The summed E-state index contributed by atoms with van der Waals surface area (Å²) >= 11 is 0. The number of benzene rings is 3. The molecular weight excluding hydrogens is 997 g/mol. The molecule has 11 N–H and O–H groups in total. The van der Waals surface area contributed by atoms with Gasteiger partial charge in [0, 0.05) is 62.4 Å². The molecule has 3 aromatic carbocycles. The predicted molar refractivity (Wildman–Crippen MR) is 290 cm³/mol. The molecule has 21 heteroatoms. The first-order valence-corrected chi connectivity index (χ1v) is 26.6. The van der Waals surface area contributed by atoms with E-state index < -0.39 is 96.2 Å². The monoisotopic (exact) mass is 1070 g/mol. The molecule has 6 rings (SSSR count). The highest BCUT2D eigenvalue weighted by Gasteiger charge is 2.40. The summed E-state index contributed by atoms with van der Waals surface area (Å²) in [4.78, 5) is 127. The number of hydrogen-bond acceptors (Lipinski definition) is 11. The Morgan fingerprint density at radius 2 is 1.05 bits per heavy atom. The standard InChI is InChI=1S/C57H74N12O9/c1-35(2)23-44(53(74)66-43(52(58)73)26-38-17-10-6-11-18-38)63-51(72)30-49(70)42(25-37-15-8-5-9-16-37)65-55(76)46(28-40-31-59-33-61-40)67-54(75)45(27-39-19-12-7-13-20-39)68-56(77)48-21-14-22-69(48)57(78)47(29-41-32-60-34-62-41)64-50(71)24-36(3)4/h5-13,15-20,31-36,42-49,70H,14,21-30H2,1-4H3,(H2,58,73)(H,59,61)(H,60,62)(H,63,72)(H,64,71)(H,65,76)(H,66,74)(H,67,75)(H,68,77). The molecule has 416 valence electrons. The van der Waals surface area contributed by atoms with Gasteiger partial charge in [-0.1, -0.05) is 119 Å².